The van der Waals surface area contributed by atoms with Crippen molar-refractivity contribution in [2.75, 3.05) is 12.4 Å². The van der Waals surface area contributed by atoms with Gasteiger partial charge in [-0.25, -0.2) is 9.67 Å². The van der Waals surface area contributed by atoms with Crippen molar-refractivity contribution in [3.8, 4) is 5.82 Å². The molecule has 0 aliphatic carbocycles. The predicted octanol–water partition coefficient (Wildman–Crippen LogP) is 0.111. The molecule has 0 bridgehead atoms. The Morgan fingerprint density at radius 2 is 2.24 bits per heavy atom. The molecule has 7 nitrogen and oxygen atoms in total. The van der Waals surface area contributed by atoms with Gasteiger partial charge >= 0.3 is 0 Å². The number of hydrogen-bond donors (Lipinski definition) is 2. The van der Waals surface area contributed by atoms with Crippen molar-refractivity contribution >= 4 is 11.9 Å². The highest BCUT2D eigenvalue weighted by Crippen LogP contribution is 2.12. The number of carbonyl (C=O) groups excluding carboxylic acids is 1. The number of primary amides is 1. The molecule has 0 atom stereocenters. The Hall–Kier alpha value is -2.44. The molecule has 0 aliphatic heterocycles. The van der Waals surface area contributed by atoms with Crippen LogP contribution >= 0.6 is 0 Å². The third kappa shape index (κ3) is 2.07. The van der Waals surface area contributed by atoms with Crippen LogP contribution in [0.25, 0.3) is 5.82 Å². The van der Waals surface area contributed by atoms with Crippen LogP contribution in [-0.2, 0) is 0 Å². The van der Waals surface area contributed by atoms with E-state index in [1.165, 1.54) is 17.1 Å². The van der Waals surface area contributed by atoms with E-state index in [-0.39, 0.29) is 0 Å². The van der Waals surface area contributed by atoms with Gasteiger partial charge in [-0.1, -0.05) is 0 Å². The Bertz CT molecular complexity index is 562. The highest BCUT2D eigenvalue weighted by atomic mass is 16.1. The highest BCUT2D eigenvalue weighted by Gasteiger charge is 2.09. The molecular weight excluding hydrogens is 220 g/mol. The van der Waals surface area contributed by atoms with Gasteiger partial charge in [-0.15, -0.1) is 0 Å². The summed E-state index contributed by atoms with van der Waals surface area (Å²) in [6, 6.07) is 0. The fourth-order valence-electron chi connectivity index (χ4n) is 1.35. The first kappa shape index (κ1) is 11.1. The molecule has 0 aliphatic rings. The van der Waals surface area contributed by atoms with Crippen LogP contribution in [0.1, 0.15) is 15.9 Å². The van der Waals surface area contributed by atoms with Crippen LogP contribution < -0.4 is 11.1 Å². The van der Waals surface area contributed by atoms with E-state index >= 15 is 0 Å². The highest BCUT2D eigenvalue weighted by molar-refractivity contribution is 5.92. The van der Waals surface area contributed by atoms with Gasteiger partial charge in [-0.3, -0.25) is 4.79 Å². The predicted molar refractivity (Wildman–Crippen MR) is 62.0 cm³/mol. The van der Waals surface area contributed by atoms with Gasteiger partial charge in [0.05, 0.1) is 11.8 Å². The van der Waals surface area contributed by atoms with Crippen LogP contribution in [0.5, 0.6) is 0 Å². The summed E-state index contributed by atoms with van der Waals surface area (Å²) in [5.41, 5.74) is 6.35. The smallest absolute Gasteiger partial charge is 0.251 e. The molecule has 1 amide bonds. The molecule has 17 heavy (non-hydrogen) atoms. The summed E-state index contributed by atoms with van der Waals surface area (Å²) in [5.74, 6) is 0.579. The molecule has 7 heteroatoms. The van der Waals surface area contributed by atoms with E-state index in [4.69, 9.17) is 5.73 Å². The third-order valence-corrected chi connectivity index (χ3v) is 2.25. The zero-order valence-electron chi connectivity index (χ0n) is 9.51. The van der Waals surface area contributed by atoms with Crippen LogP contribution in [0.2, 0.25) is 0 Å². The largest absolute Gasteiger partial charge is 0.366 e. The van der Waals surface area contributed by atoms with Crippen molar-refractivity contribution in [1.82, 2.24) is 19.7 Å². The molecule has 0 saturated heterocycles. The SMILES string of the molecule is CNc1ncc(C)c(-n2cc(C(N)=O)cn2)n1. The van der Waals surface area contributed by atoms with Crippen LogP contribution in [0, 0.1) is 6.92 Å². The Morgan fingerprint density at radius 1 is 1.47 bits per heavy atom. The van der Waals surface area contributed by atoms with E-state index in [1.807, 2.05) is 6.92 Å². The number of carbonyl (C=O) groups is 1. The van der Waals surface area contributed by atoms with Crippen molar-refractivity contribution in [2.24, 2.45) is 5.73 Å². The van der Waals surface area contributed by atoms with Gasteiger partial charge in [-0.05, 0) is 6.92 Å². The van der Waals surface area contributed by atoms with Crippen LogP contribution in [0.15, 0.2) is 18.6 Å². The summed E-state index contributed by atoms with van der Waals surface area (Å²) in [6.45, 7) is 1.86. The van der Waals surface area contributed by atoms with Crippen LogP contribution in [0.3, 0.4) is 0 Å². The lowest BCUT2D eigenvalue weighted by atomic mass is 10.3. The minimum Gasteiger partial charge on any atom is -0.366 e. The summed E-state index contributed by atoms with van der Waals surface area (Å²) in [6.07, 6.45) is 4.62. The first-order valence-electron chi connectivity index (χ1n) is 4.98. The second-order valence-corrected chi connectivity index (χ2v) is 3.49. The number of nitrogens with one attached hydrogen (secondary N) is 1. The Balaban J connectivity index is 2.47. The van der Waals surface area contributed by atoms with E-state index < -0.39 is 5.91 Å². The summed E-state index contributed by atoms with van der Waals surface area (Å²) in [4.78, 5) is 19.3. The average molecular weight is 232 g/mol. The molecule has 0 spiro atoms. The van der Waals surface area contributed by atoms with Crippen LogP contribution in [0.4, 0.5) is 5.95 Å². The molecule has 0 aromatic carbocycles. The quantitative estimate of drug-likeness (QED) is 0.782. The Kier molecular flexibility index (Phi) is 2.73. The van der Waals surface area contributed by atoms with E-state index in [1.54, 1.807) is 13.2 Å². The van der Waals surface area contributed by atoms with E-state index in [9.17, 15) is 4.79 Å². The number of aromatic nitrogens is 4. The Morgan fingerprint density at radius 3 is 2.82 bits per heavy atom. The van der Waals surface area contributed by atoms with Gasteiger partial charge in [0.1, 0.15) is 0 Å². The van der Waals surface area contributed by atoms with Gasteiger partial charge in [0, 0.05) is 25.0 Å². The normalized spacial score (nSPS) is 10.2. The van der Waals surface area contributed by atoms with Crippen molar-refractivity contribution in [3.05, 3.63) is 29.7 Å². The zero-order valence-corrected chi connectivity index (χ0v) is 9.51. The van der Waals surface area contributed by atoms with Gasteiger partial charge in [-0.2, -0.15) is 10.1 Å². The maximum absolute atomic E-state index is 11.0. The van der Waals surface area contributed by atoms with Gasteiger partial charge in [0.2, 0.25) is 5.95 Å². The number of amides is 1. The Labute approximate surface area is 97.7 Å². The molecular formula is C10H12N6O. The molecule has 2 rings (SSSR count). The summed E-state index contributed by atoms with van der Waals surface area (Å²) < 4.78 is 1.50. The molecule has 2 aromatic heterocycles. The summed E-state index contributed by atoms with van der Waals surface area (Å²) >= 11 is 0. The lowest BCUT2D eigenvalue weighted by Gasteiger charge is -2.06. The molecule has 88 valence electrons. The number of nitrogens with two attached hydrogens (primary N) is 1. The average Bonchev–Trinajstić information content (AvgIpc) is 2.79. The molecule has 0 saturated carbocycles. The maximum Gasteiger partial charge on any atom is 0.251 e. The fraction of sp³-hybridized carbons (Fsp3) is 0.200. The molecule has 0 radical (unpaired) electrons. The fourth-order valence-corrected chi connectivity index (χ4v) is 1.35. The summed E-state index contributed by atoms with van der Waals surface area (Å²) in [5, 5.41) is 6.88. The topological polar surface area (TPSA) is 98.7 Å². The van der Waals surface area contributed by atoms with Crippen molar-refractivity contribution in [2.45, 2.75) is 6.92 Å². The first-order valence-corrected chi connectivity index (χ1v) is 4.98. The van der Waals surface area contributed by atoms with E-state index in [0.717, 1.165) is 5.56 Å². The lowest BCUT2D eigenvalue weighted by Crippen LogP contribution is -2.10. The third-order valence-electron chi connectivity index (χ3n) is 2.25. The van der Waals surface area contributed by atoms with Gasteiger partial charge in [0.15, 0.2) is 5.82 Å². The first-order chi connectivity index (χ1) is 8.11. The number of aryl methyl sites for hydroxylation is 1. The minimum absolute atomic E-state index is 0.342. The number of hydrogen-bond acceptors (Lipinski definition) is 5. The molecule has 0 fully saturated rings. The summed E-state index contributed by atoms with van der Waals surface area (Å²) in [7, 11) is 1.73. The number of nitrogens with zero attached hydrogens (tertiary/aromatic N) is 4. The second kappa shape index (κ2) is 4.20. The zero-order chi connectivity index (χ0) is 12.4. The standard InChI is InChI=1S/C10H12N6O/c1-6-3-13-10(12-2)15-9(6)16-5-7(4-14-16)8(11)17/h3-5H,1-2H3,(H2,11,17)(H,12,13,15). The van der Waals surface area contributed by atoms with Gasteiger partial charge in [0.25, 0.3) is 5.91 Å². The molecule has 0 unspecified atom stereocenters. The maximum atomic E-state index is 11.0. The van der Waals surface area contributed by atoms with E-state index in [0.29, 0.717) is 17.3 Å². The van der Waals surface area contributed by atoms with Gasteiger partial charge < -0.3 is 11.1 Å². The van der Waals surface area contributed by atoms with Crippen molar-refractivity contribution in [1.29, 1.82) is 0 Å². The minimum atomic E-state index is -0.517. The monoisotopic (exact) mass is 232 g/mol. The lowest BCUT2D eigenvalue weighted by molar-refractivity contribution is 0.100. The molecule has 3 N–H and O–H groups in total. The van der Waals surface area contributed by atoms with Crippen molar-refractivity contribution < 1.29 is 4.79 Å². The second-order valence-electron chi connectivity index (χ2n) is 3.49. The van der Waals surface area contributed by atoms with Crippen LogP contribution in [-0.4, -0.2) is 32.7 Å². The molecule has 2 heterocycles. The van der Waals surface area contributed by atoms with Crippen molar-refractivity contribution in [3.63, 3.8) is 0 Å². The number of anilines is 1. The molecule has 2 aromatic rings. The van der Waals surface area contributed by atoms with E-state index in [2.05, 4.69) is 20.4 Å². The number of rotatable bonds is 3.